The minimum Gasteiger partial charge on any atom is -0.480 e. The molecule has 0 aromatic carbocycles. The highest BCUT2D eigenvalue weighted by Crippen LogP contribution is 2.42. The third-order valence-electron chi connectivity index (χ3n) is 5.95. The van der Waals surface area contributed by atoms with Gasteiger partial charge in [-0.3, -0.25) is 4.79 Å². The van der Waals surface area contributed by atoms with E-state index in [-0.39, 0.29) is 0 Å². The zero-order chi connectivity index (χ0) is 14.2. The first-order valence-electron chi connectivity index (χ1n) is 8.30. The topological polar surface area (TPSA) is 52.6 Å². The second kappa shape index (κ2) is 5.64. The van der Waals surface area contributed by atoms with Crippen molar-refractivity contribution in [1.82, 2.24) is 10.2 Å². The van der Waals surface area contributed by atoms with Gasteiger partial charge < -0.3 is 15.3 Å². The number of likely N-dealkylation sites (N-methyl/N-ethyl adjacent to an activating group) is 1. The predicted octanol–water partition coefficient (Wildman–Crippen LogP) is 1.95. The van der Waals surface area contributed by atoms with Crippen LogP contribution < -0.4 is 5.32 Å². The van der Waals surface area contributed by atoms with Crippen LogP contribution in [0.3, 0.4) is 0 Å². The van der Waals surface area contributed by atoms with Gasteiger partial charge in [0.1, 0.15) is 5.54 Å². The summed E-state index contributed by atoms with van der Waals surface area (Å²) in [5.41, 5.74) is -0.707. The lowest BCUT2D eigenvalue weighted by Crippen LogP contribution is -2.61. The molecule has 0 aromatic heterocycles. The fourth-order valence-electron chi connectivity index (χ4n) is 4.51. The van der Waals surface area contributed by atoms with E-state index >= 15 is 0 Å². The molecule has 2 N–H and O–H groups in total. The number of hydrogen-bond donors (Lipinski definition) is 2. The molecule has 20 heavy (non-hydrogen) atoms. The average Bonchev–Trinajstić information content (AvgIpc) is 3.29. The first kappa shape index (κ1) is 14.3. The summed E-state index contributed by atoms with van der Waals surface area (Å²) in [5, 5.41) is 12.9. The molecule has 4 nitrogen and oxygen atoms in total. The van der Waals surface area contributed by atoms with Gasteiger partial charge in [0, 0.05) is 13.1 Å². The van der Waals surface area contributed by atoms with Crippen molar-refractivity contribution in [3.8, 4) is 0 Å². The van der Waals surface area contributed by atoms with Crippen LogP contribution >= 0.6 is 0 Å². The van der Waals surface area contributed by atoms with Gasteiger partial charge in [0.25, 0.3) is 0 Å². The number of rotatable bonds is 5. The van der Waals surface area contributed by atoms with Gasteiger partial charge in [0.2, 0.25) is 0 Å². The van der Waals surface area contributed by atoms with Crippen molar-refractivity contribution >= 4 is 5.97 Å². The van der Waals surface area contributed by atoms with Crippen LogP contribution in [0.4, 0.5) is 0 Å². The Balaban J connectivity index is 1.65. The number of carboxylic acid groups (broad SMARTS) is 1. The van der Waals surface area contributed by atoms with E-state index in [9.17, 15) is 9.90 Å². The van der Waals surface area contributed by atoms with E-state index in [0.717, 1.165) is 37.8 Å². The second-order valence-electron chi connectivity index (χ2n) is 7.13. The smallest absolute Gasteiger partial charge is 0.325 e. The lowest BCUT2D eigenvalue weighted by molar-refractivity contribution is -0.147. The highest BCUT2D eigenvalue weighted by Gasteiger charge is 2.51. The van der Waals surface area contributed by atoms with Crippen LogP contribution in [0, 0.1) is 17.8 Å². The molecule has 3 rings (SSSR count). The lowest BCUT2D eigenvalue weighted by atomic mass is 9.74. The zero-order valence-corrected chi connectivity index (χ0v) is 12.6. The van der Waals surface area contributed by atoms with Gasteiger partial charge in [-0.05, 0) is 57.0 Å². The van der Waals surface area contributed by atoms with Crippen molar-refractivity contribution in [3.63, 3.8) is 0 Å². The van der Waals surface area contributed by atoms with Crippen LogP contribution in [-0.2, 0) is 4.79 Å². The molecule has 2 saturated carbocycles. The van der Waals surface area contributed by atoms with E-state index in [1.807, 2.05) is 7.05 Å². The summed E-state index contributed by atoms with van der Waals surface area (Å²) in [4.78, 5) is 14.2. The third-order valence-corrected chi connectivity index (χ3v) is 5.95. The molecule has 0 spiro atoms. The van der Waals surface area contributed by atoms with Crippen molar-refractivity contribution in [1.29, 1.82) is 0 Å². The average molecular weight is 280 g/mol. The minimum atomic E-state index is -0.707. The maximum Gasteiger partial charge on any atom is 0.325 e. The predicted molar refractivity (Wildman–Crippen MR) is 78.7 cm³/mol. The second-order valence-corrected chi connectivity index (χ2v) is 7.13. The van der Waals surface area contributed by atoms with Gasteiger partial charge in [-0.25, -0.2) is 0 Å². The van der Waals surface area contributed by atoms with Crippen LogP contribution in [0.15, 0.2) is 0 Å². The molecule has 0 aromatic rings. The Morgan fingerprint density at radius 1 is 1.20 bits per heavy atom. The number of carboxylic acids is 1. The zero-order valence-electron chi connectivity index (χ0n) is 12.6. The highest BCUT2D eigenvalue weighted by atomic mass is 16.4. The Kier molecular flexibility index (Phi) is 4.04. The van der Waals surface area contributed by atoms with Crippen LogP contribution in [0.5, 0.6) is 0 Å². The number of carbonyl (C=O) groups is 1. The number of nitrogens with zero attached hydrogens (tertiary/aromatic N) is 1. The maximum absolute atomic E-state index is 11.8. The van der Waals surface area contributed by atoms with Crippen LogP contribution in [0.2, 0.25) is 0 Å². The summed E-state index contributed by atoms with van der Waals surface area (Å²) in [7, 11) is 1.82. The van der Waals surface area contributed by atoms with Gasteiger partial charge in [-0.1, -0.05) is 19.3 Å². The molecule has 114 valence electrons. The molecule has 1 heterocycles. The summed E-state index contributed by atoms with van der Waals surface area (Å²) in [5.74, 6) is 1.40. The molecule has 3 aliphatic rings. The van der Waals surface area contributed by atoms with E-state index < -0.39 is 11.5 Å². The Hall–Kier alpha value is -0.610. The Bertz CT molecular complexity index is 369. The molecular weight excluding hydrogens is 252 g/mol. The largest absolute Gasteiger partial charge is 0.480 e. The third kappa shape index (κ3) is 2.60. The fraction of sp³-hybridized carbons (Fsp3) is 0.938. The monoisotopic (exact) mass is 280 g/mol. The summed E-state index contributed by atoms with van der Waals surface area (Å²) in [6, 6.07) is 0. The van der Waals surface area contributed by atoms with Gasteiger partial charge >= 0.3 is 5.97 Å². The molecule has 0 amide bonds. The standard InChI is InChI=1S/C16H28N2O2/c1-17-16(15(19)20,14-6-7-14)11-18-9-8-12-4-2-3-5-13(12)10-18/h12-14,17H,2-11H2,1H3,(H,19,20). The van der Waals surface area contributed by atoms with E-state index in [1.54, 1.807) is 0 Å². The molecule has 3 atom stereocenters. The Morgan fingerprint density at radius 3 is 2.50 bits per heavy atom. The number of fused-ring (bicyclic) bond motifs is 1. The SMILES string of the molecule is CNC(CN1CCC2CCCCC2C1)(C(=O)O)C1CC1. The van der Waals surface area contributed by atoms with E-state index in [1.165, 1.54) is 32.1 Å². The molecule has 1 aliphatic heterocycles. The van der Waals surface area contributed by atoms with E-state index in [2.05, 4.69) is 10.2 Å². The van der Waals surface area contributed by atoms with E-state index in [4.69, 9.17) is 0 Å². The number of likely N-dealkylation sites (tertiary alicyclic amines) is 1. The summed E-state index contributed by atoms with van der Waals surface area (Å²) >= 11 is 0. The molecule has 3 unspecified atom stereocenters. The van der Waals surface area contributed by atoms with E-state index in [0.29, 0.717) is 12.5 Å². The number of nitrogens with one attached hydrogen (secondary N) is 1. The van der Waals surface area contributed by atoms with Crippen molar-refractivity contribution in [2.45, 2.75) is 50.5 Å². The maximum atomic E-state index is 11.8. The van der Waals surface area contributed by atoms with Crippen molar-refractivity contribution in [2.75, 3.05) is 26.7 Å². The molecule has 0 bridgehead atoms. The lowest BCUT2D eigenvalue weighted by Gasteiger charge is -2.44. The van der Waals surface area contributed by atoms with Crippen LogP contribution in [-0.4, -0.2) is 48.2 Å². The molecule has 1 saturated heterocycles. The molecule has 0 radical (unpaired) electrons. The van der Waals surface area contributed by atoms with Crippen molar-refractivity contribution in [3.05, 3.63) is 0 Å². The minimum absolute atomic E-state index is 0.328. The normalized spacial score (nSPS) is 34.2. The number of piperidine rings is 1. The van der Waals surface area contributed by atoms with Crippen LogP contribution in [0.25, 0.3) is 0 Å². The molecule has 2 aliphatic carbocycles. The number of aliphatic carboxylic acids is 1. The molecule has 4 heteroatoms. The van der Waals surface area contributed by atoms with Crippen molar-refractivity contribution in [2.24, 2.45) is 17.8 Å². The quantitative estimate of drug-likeness (QED) is 0.808. The highest BCUT2D eigenvalue weighted by molar-refractivity contribution is 5.80. The Labute approximate surface area is 121 Å². The number of hydrogen-bond acceptors (Lipinski definition) is 3. The first-order chi connectivity index (χ1) is 9.65. The van der Waals surface area contributed by atoms with Gasteiger partial charge in [0.05, 0.1) is 0 Å². The van der Waals surface area contributed by atoms with Gasteiger partial charge in [-0.15, -0.1) is 0 Å². The summed E-state index contributed by atoms with van der Waals surface area (Å²) < 4.78 is 0. The first-order valence-corrected chi connectivity index (χ1v) is 8.30. The van der Waals surface area contributed by atoms with Gasteiger partial charge in [0.15, 0.2) is 0 Å². The fourth-order valence-corrected chi connectivity index (χ4v) is 4.51. The molecule has 3 fully saturated rings. The van der Waals surface area contributed by atoms with Crippen molar-refractivity contribution < 1.29 is 9.90 Å². The van der Waals surface area contributed by atoms with Gasteiger partial charge in [-0.2, -0.15) is 0 Å². The Morgan fingerprint density at radius 2 is 1.90 bits per heavy atom. The summed E-state index contributed by atoms with van der Waals surface area (Å²) in [6.45, 7) is 2.89. The summed E-state index contributed by atoms with van der Waals surface area (Å²) in [6.07, 6.45) is 8.92. The van der Waals surface area contributed by atoms with Crippen LogP contribution in [0.1, 0.15) is 44.9 Å². The molecular formula is C16H28N2O2.